The Balaban J connectivity index is 0.000000462. The van der Waals surface area contributed by atoms with Gasteiger partial charge in [0.2, 0.25) is 0 Å². The minimum Gasteiger partial charge on any atom is -0.396 e. The zero-order chi connectivity index (χ0) is 12.3. The molecule has 1 aliphatic rings. The number of unbranched alkanes of at least 4 members (excludes halogenated alkanes) is 2. The largest absolute Gasteiger partial charge is 0.396 e. The molecular weight excluding hydrogens is 208 g/mol. The van der Waals surface area contributed by atoms with E-state index in [0.717, 1.165) is 32.5 Å². The van der Waals surface area contributed by atoms with Gasteiger partial charge in [0.05, 0.1) is 19.8 Å². The molecule has 0 saturated carbocycles. The maximum Gasteiger partial charge on any atom is 0.0531 e. The summed E-state index contributed by atoms with van der Waals surface area (Å²) in [6.07, 6.45) is 5.13. The van der Waals surface area contributed by atoms with Crippen LogP contribution in [0, 0.1) is 5.41 Å². The third-order valence-corrected chi connectivity index (χ3v) is 2.89. The lowest BCUT2D eigenvalue weighted by molar-refractivity contribution is -0.00222. The number of hydrogen-bond acceptors (Lipinski definition) is 4. The number of aliphatic hydroxyl groups is 3. The summed E-state index contributed by atoms with van der Waals surface area (Å²) < 4.78 is 4.72. The van der Waals surface area contributed by atoms with Crippen LogP contribution in [0.5, 0.6) is 0 Å². The Morgan fingerprint density at radius 1 is 1.00 bits per heavy atom. The molecule has 0 aromatic rings. The van der Waals surface area contributed by atoms with Crippen LogP contribution in [0.2, 0.25) is 0 Å². The summed E-state index contributed by atoms with van der Waals surface area (Å²) in [5, 5.41) is 26.9. The molecule has 0 bridgehead atoms. The monoisotopic (exact) mass is 234 g/mol. The van der Waals surface area contributed by atoms with E-state index in [-0.39, 0.29) is 19.8 Å². The van der Waals surface area contributed by atoms with Gasteiger partial charge in [0, 0.05) is 18.6 Å². The smallest absolute Gasteiger partial charge is 0.0531 e. The second-order valence-electron chi connectivity index (χ2n) is 4.40. The molecule has 4 nitrogen and oxygen atoms in total. The van der Waals surface area contributed by atoms with Crippen molar-refractivity contribution in [2.24, 2.45) is 5.41 Å². The summed E-state index contributed by atoms with van der Waals surface area (Å²) in [6.45, 7) is 3.69. The van der Waals surface area contributed by atoms with Gasteiger partial charge in [-0.15, -0.1) is 0 Å². The predicted molar refractivity (Wildman–Crippen MR) is 63.3 cm³/mol. The van der Waals surface area contributed by atoms with E-state index in [1.54, 1.807) is 0 Å². The zero-order valence-electron chi connectivity index (χ0n) is 10.3. The Bertz CT molecular complexity index is 130. The predicted octanol–water partition coefficient (Wildman–Crippen LogP) is 0.937. The molecule has 0 aromatic carbocycles. The maximum absolute atomic E-state index is 8.96. The molecule has 1 heterocycles. The second kappa shape index (κ2) is 10.0. The highest BCUT2D eigenvalue weighted by Crippen LogP contribution is 2.23. The zero-order valence-corrected chi connectivity index (χ0v) is 10.3. The molecule has 16 heavy (non-hydrogen) atoms. The maximum atomic E-state index is 8.96. The fourth-order valence-electron chi connectivity index (χ4n) is 1.28. The minimum absolute atomic E-state index is 0.135. The molecule has 0 aromatic heterocycles. The summed E-state index contributed by atoms with van der Waals surface area (Å²) in [7, 11) is 0. The van der Waals surface area contributed by atoms with Gasteiger partial charge >= 0.3 is 0 Å². The lowest BCUT2D eigenvalue weighted by atomic mass is 9.85. The molecule has 98 valence electrons. The lowest BCUT2D eigenvalue weighted by Gasteiger charge is -2.26. The highest BCUT2D eigenvalue weighted by molar-refractivity contribution is 4.76. The molecule has 4 heteroatoms. The van der Waals surface area contributed by atoms with E-state index in [0.29, 0.717) is 6.42 Å². The van der Waals surface area contributed by atoms with Crippen LogP contribution >= 0.6 is 0 Å². The molecule has 0 amide bonds. The average Bonchev–Trinajstić information content (AvgIpc) is 2.23. The first-order valence-corrected chi connectivity index (χ1v) is 6.15. The first kappa shape index (κ1) is 15.8. The van der Waals surface area contributed by atoms with E-state index in [1.165, 1.54) is 6.42 Å². The Labute approximate surface area is 98.2 Å². The van der Waals surface area contributed by atoms with Crippen molar-refractivity contribution < 1.29 is 20.1 Å². The highest BCUT2D eigenvalue weighted by Gasteiger charge is 2.26. The lowest BCUT2D eigenvalue weighted by Crippen LogP contribution is -2.33. The van der Waals surface area contributed by atoms with Crippen LogP contribution in [-0.4, -0.2) is 48.4 Å². The topological polar surface area (TPSA) is 69.9 Å². The van der Waals surface area contributed by atoms with Crippen molar-refractivity contribution >= 4 is 0 Å². The van der Waals surface area contributed by atoms with Crippen molar-refractivity contribution in [2.75, 3.05) is 33.0 Å². The molecule has 0 atom stereocenters. The van der Waals surface area contributed by atoms with E-state index in [4.69, 9.17) is 20.1 Å². The molecule has 1 fully saturated rings. The molecule has 3 N–H and O–H groups in total. The Kier molecular flexibility index (Phi) is 9.92. The SMILES string of the molecule is C1COC1.CCCCCC(CO)(CO)CO. The van der Waals surface area contributed by atoms with Crippen LogP contribution in [0.25, 0.3) is 0 Å². The second-order valence-corrected chi connectivity index (χ2v) is 4.40. The van der Waals surface area contributed by atoms with Crippen molar-refractivity contribution in [1.82, 2.24) is 0 Å². The van der Waals surface area contributed by atoms with Crippen molar-refractivity contribution in [3.63, 3.8) is 0 Å². The highest BCUT2D eigenvalue weighted by atomic mass is 16.5. The van der Waals surface area contributed by atoms with E-state index in [9.17, 15) is 0 Å². The van der Waals surface area contributed by atoms with Gasteiger partial charge < -0.3 is 20.1 Å². The summed E-state index contributed by atoms with van der Waals surface area (Å²) in [6, 6.07) is 0. The molecule has 0 radical (unpaired) electrons. The third kappa shape index (κ3) is 6.43. The van der Waals surface area contributed by atoms with E-state index < -0.39 is 5.41 Å². The molecule has 0 aliphatic carbocycles. The van der Waals surface area contributed by atoms with Crippen molar-refractivity contribution in [1.29, 1.82) is 0 Å². The standard InChI is InChI=1S/C9H20O3.C3H6O/c1-2-3-4-5-9(6-10,7-11)8-12;1-2-4-3-1/h10-12H,2-8H2,1H3;1-3H2. The normalized spacial score (nSPS) is 15.0. The van der Waals surface area contributed by atoms with Gasteiger partial charge in [-0.25, -0.2) is 0 Å². The Morgan fingerprint density at radius 2 is 1.44 bits per heavy atom. The van der Waals surface area contributed by atoms with Crippen LogP contribution in [-0.2, 0) is 4.74 Å². The van der Waals surface area contributed by atoms with Crippen LogP contribution in [0.3, 0.4) is 0 Å². The van der Waals surface area contributed by atoms with Crippen LogP contribution in [0.1, 0.15) is 39.0 Å². The summed E-state index contributed by atoms with van der Waals surface area (Å²) >= 11 is 0. The van der Waals surface area contributed by atoms with Crippen molar-refractivity contribution in [3.8, 4) is 0 Å². The van der Waals surface area contributed by atoms with Gasteiger partial charge in [0.1, 0.15) is 0 Å². The van der Waals surface area contributed by atoms with Crippen LogP contribution < -0.4 is 0 Å². The van der Waals surface area contributed by atoms with Gasteiger partial charge in [-0.1, -0.05) is 26.2 Å². The number of rotatable bonds is 7. The molecule has 1 aliphatic heterocycles. The van der Waals surface area contributed by atoms with Crippen molar-refractivity contribution in [2.45, 2.75) is 39.0 Å². The quantitative estimate of drug-likeness (QED) is 0.573. The number of ether oxygens (including phenoxy) is 1. The molecule has 1 rings (SSSR count). The van der Waals surface area contributed by atoms with Crippen LogP contribution in [0.4, 0.5) is 0 Å². The van der Waals surface area contributed by atoms with Gasteiger partial charge in [-0.3, -0.25) is 0 Å². The Morgan fingerprint density at radius 3 is 1.69 bits per heavy atom. The fraction of sp³-hybridized carbons (Fsp3) is 1.00. The molecule has 0 spiro atoms. The summed E-state index contributed by atoms with van der Waals surface area (Å²) in [5.74, 6) is 0. The average molecular weight is 234 g/mol. The van der Waals surface area contributed by atoms with Gasteiger partial charge in [-0.05, 0) is 12.8 Å². The first-order valence-electron chi connectivity index (χ1n) is 6.15. The fourth-order valence-corrected chi connectivity index (χ4v) is 1.28. The van der Waals surface area contributed by atoms with E-state index >= 15 is 0 Å². The van der Waals surface area contributed by atoms with E-state index in [1.807, 2.05) is 0 Å². The first-order chi connectivity index (χ1) is 7.74. The van der Waals surface area contributed by atoms with Gasteiger partial charge in [-0.2, -0.15) is 0 Å². The summed E-state index contributed by atoms with van der Waals surface area (Å²) in [4.78, 5) is 0. The molecule has 0 unspecified atom stereocenters. The van der Waals surface area contributed by atoms with Gasteiger partial charge in [0.25, 0.3) is 0 Å². The van der Waals surface area contributed by atoms with E-state index in [2.05, 4.69) is 6.92 Å². The summed E-state index contributed by atoms with van der Waals surface area (Å²) in [5.41, 5.74) is -0.658. The molecule has 1 saturated heterocycles. The number of hydrogen-bond donors (Lipinski definition) is 3. The number of aliphatic hydroxyl groups excluding tert-OH is 3. The van der Waals surface area contributed by atoms with Gasteiger partial charge in [0.15, 0.2) is 0 Å². The minimum atomic E-state index is -0.658. The Hall–Kier alpha value is -0.160. The molecular formula is C12H26O4. The third-order valence-electron chi connectivity index (χ3n) is 2.89. The van der Waals surface area contributed by atoms with Crippen LogP contribution in [0.15, 0.2) is 0 Å². The van der Waals surface area contributed by atoms with Crippen molar-refractivity contribution in [3.05, 3.63) is 0 Å².